The Kier molecular flexibility index (Phi) is 8.32. The minimum absolute atomic E-state index is 0.0230. The second-order valence-corrected chi connectivity index (χ2v) is 8.97. The van der Waals surface area contributed by atoms with Gasteiger partial charge < -0.3 is 21.1 Å². The van der Waals surface area contributed by atoms with Crippen LogP contribution in [0.4, 0.5) is 4.79 Å². The Labute approximate surface area is 220 Å². The molecule has 10 nitrogen and oxygen atoms in total. The van der Waals surface area contributed by atoms with Crippen LogP contribution in [0.5, 0.6) is 0 Å². The highest BCUT2D eigenvalue weighted by Gasteiger charge is 2.51. The molecule has 1 unspecified atom stereocenters. The van der Waals surface area contributed by atoms with Crippen LogP contribution in [0.15, 0.2) is 85.2 Å². The maximum atomic E-state index is 13.8. The summed E-state index contributed by atoms with van der Waals surface area (Å²) in [4.78, 5) is 42.9. The van der Waals surface area contributed by atoms with Gasteiger partial charge in [-0.15, -0.1) is 0 Å². The lowest BCUT2D eigenvalue weighted by molar-refractivity contribution is -0.130. The molecule has 38 heavy (non-hydrogen) atoms. The molecule has 196 valence electrons. The van der Waals surface area contributed by atoms with Gasteiger partial charge in [0.15, 0.2) is 11.5 Å². The fraction of sp³-hybridized carbons (Fsp3) is 0.250. The van der Waals surface area contributed by atoms with E-state index in [1.165, 1.54) is 4.90 Å². The van der Waals surface area contributed by atoms with Crippen LogP contribution < -0.4 is 16.0 Å². The van der Waals surface area contributed by atoms with E-state index < -0.39 is 23.6 Å². The standard InChI is InChI=1S/C28H30N6O4/c29-26-33-28(21-9-3-1-4-10-21,22-11-5-2-6-12-22)25(36)34(26)18-8-7-15-31-24(35)23(32-27(37)38)19-20-13-16-30-17-14-20/h1-6,9-14,16-17,23,32H,7-8,15,18-19H2,(H2,29,33)(H,31,35)(H,37,38). The van der Waals surface area contributed by atoms with Crippen LogP contribution in [0.1, 0.15) is 29.5 Å². The zero-order valence-corrected chi connectivity index (χ0v) is 20.8. The molecule has 1 fully saturated rings. The molecule has 1 aliphatic rings. The first-order valence-corrected chi connectivity index (χ1v) is 12.4. The molecule has 4 rings (SSSR count). The number of carboxylic acid groups (broad SMARTS) is 1. The van der Waals surface area contributed by atoms with Crippen molar-refractivity contribution in [3.8, 4) is 0 Å². The van der Waals surface area contributed by atoms with Gasteiger partial charge >= 0.3 is 6.09 Å². The van der Waals surface area contributed by atoms with Gasteiger partial charge in [-0.2, -0.15) is 0 Å². The molecule has 0 saturated carbocycles. The van der Waals surface area contributed by atoms with Gasteiger partial charge in [0.2, 0.25) is 5.91 Å². The number of carbonyl (C=O) groups is 3. The summed E-state index contributed by atoms with van der Waals surface area (Å²) in [5.74, 6) is -0.634. The predicted molar refractivity (Wildman–Crippen MR) is 141 cm³/mol. The number of nitrogens with one attached hydrogen (secondary N) is 4. The smallest absolute Gasteiger partial charge is 0.405 e. The Morgan fingerprint density at radius 1 is 0.974 bits per heavy atom. The van der Waals surface area contributed by atoms with Crippen molar-refractivity contribution in [3.63, 3.8) is 0 Å². The van der Waals surface area contributed by atoms with E-state index in [1.54, 1.807) is 24.5 Å². The largest absolute Gasteiger partial charge is 0.465 e. The van der Waals surface area contributed by atoms with E-state index in [-0.39, 0.29) is 18.3 Å². The molecule has 0 spiro atoms. The van der Waals surface area contributed by atoms with Crippen LogP contribution in [0.2, 0.25) is 0 Å². The highest BCUT2D eigenvalue weighted by Crippen LogP contribution is 2.35. The third-order valence-electron chi connectivity index (χ3n) is 6.47. The lowest BCUT2D eigenvalue weighted by Gasteiger charge is -2.28. The fourth-order valence-corrected chi connectivity index (χ4v) is 4.59. The van der Waals surface area contributed by atoms with Crippen molar-refractivity contribution in [1.29, 1.82) is 5.41 Å². The Balaban J connectivity index is 1.35. The van der Waals surface area contributed by atoms with E-state index in [1.807, 2.05) is 60.7 Å². The Morgan fingerprint density at radius 3 is 2.16 bits per heavy atom. The third kappa shape index (κ3) is 5.80. The molecule has 5 N–H and O–H groups in total. The summed E-state index contributed by atoms with van der Waals surface area (Å²) in [6, 6.07) is 21.2. The number of nitrogens with zero attached hydrogens (tertiary/aromatic N) is 2. The van der Waals surface area contributed by atoms with Crippen LogP contribution >= 0.6 is 0 Å². The normalized spacial score (nSPS) is 15.0. The van der Waals surface area contributed by atoms with E-state index >= 15 is 0 Å². The van der Waals surface area contributed by atoms with Gasteiger partial charge in [0.25, 0.3) is 5.91 Å². The van der Waals surface area contributed by atoms with E-state index in [9.17, 15) is 14.4 Å². The first kappa shape index (κ1) is 26.3. The van der Waals surface area contributed by atoms with E-state index in [0.29, 0.717) is 25.9 Å². The van der Waals surface area contributed by atoms with Gasteiger partial charge in [0, 0.05) is 31.9 Å². The number of unbranched alkanes of at least 4 members (excludes halogenated alkanes) is 1. The van der Waals surface area contributed by atoms with Gasteiger partial charge in [-0.3, -0.25) is 24.9 Å². The summed E-state index contributed by atoms with van der Waals surface area (Å²) in [6.07, 6.45) is 3.17. The number of hydrogen-bond acceptors (Lipinski definition) is 5. The van der Waals surface area contributed by atoms with Crippen LogP contribution in [-0.4, -0.2) is 58.0 Å². The molecule has 0 bridgehead atoms. The number of guanidine groups is 1. The van der Waals surface area contributed by atoms with Gasteiger partial charge in [-0.1, -0.05) is 60.7 Å². The second-order valence-electron chi connectivity index (χ2n) is 8.97. The summed E-state index contributed by atoms with van der Waals surface area (Å²) in [6.45, 7) is 0.605. The topological polar surface area (TPSA) is 148 Å². The summed E-state index contributed by atoms with van der Waals surface area (Å²) in [7, 11) is 0. The van der Waals surface area contributed by atoms with Crippen LogP contribution in [-0.2, 0) is 21.5 Å². The van der Waals surface area contributed by atoms with Gasteiger partial charge in [0.05, 0.1) is 0 Å². The van der Waals surface area contributed by atoms with Gasteiger partial charge in [0.1, 0.15) is 6.04 Å². The highest BCUT2D eigenvalue weighted by molar-refractivity contribution is 6.10. The molecule has 2 aromatic carbocycles. The average Bonchev–Trinajstić information content (AvgIpc) is 3.19. The van der Waals surface area contributed by atoms with Crippen molar-refractivity contribution in [2.75, 3.05) is 13.1 Å². The Morgan fingerprint density at radius 2 is 1.58 bits per heavy atom. The Bertz CT molecular complexity index is 1230. The lowest BCUT2D eigenvalue weighted by atomic mass is 9.82. The molecule has 2 heterocycles. The first-order valence-electron chi connectivity index (χ1n) is 12.4. The van der Waals surface area contributed by atoms with Crippen molar-refractivity contribution >= 4 is 23.9 Å². The minimum Gasteiger partial charge on any atom is -0.465 e. The van der Waals surface area contributed by atoms with Crippen LogP contribution in [0, 0.1) is 5.41 Å². The number of carbonyl (C=O) groups excluding carboxylic acids is 2. The summed E-state index contributed by atoms with van der Waals surface area (Å²) >= 11 is 0. The fourth-order valence-electron chi connectivity index (χ4n) is 4.59. The number of pyridine rings is 1. The number of rotatable bonds is 11. The van der Waals surface area contributed by atoms with E-state index in [4.69, 9.17) is 10.5 Å². The number of aromatic nitrogens is 1. The lowest BCUT2D eigenvalue weighted by Crippen LogP contribution is -2.47. The summed E-state index contributed by atoms with van der Waals surface area (Å²) < 4.78 is 0. The van der Waals surface area contributed by atoms with Crippen molar-refractivity contribution in [2.24, 2.45) is 0 Å². The van der Waals surface area contributed by atoms with Gasteiger partial charge in [-0.25, -0.2) is 4.79 Å². The van der Waals surface area contributed by atoms with Gasteiger partial charge in [-0.05, 0) is 41.7 Å². The molecular weight excluding hydrogens is 484 g/mol. The predicted octanol–water partition coefficient (Wildman–Crippen LogP) is 2.47. The molecule has 10 heteroatoms. The van der Waals surface area contributed by atoms with Crippen molar-refractivity contribution < 1.29 is 19.5 Å². The van der Waals surface area contributed by atoms with Crippen molar-refractivity contribution in [1.82, 2.24) is 25.8 Å². The summed E-state index contributed by atoms with van der Waals surface area (Å²) in [5.41, 5.74) is 1.10. The van der Waals surface area contributed by atoms with Crippen LogP contribution in [0.25, 0.3) is 0 Å². The molecule has 3 aromatic rings. The highest BCUT2D eigenvalue weighted by atomic mass is 16.4. The molecule has 0 radical (unpaired) electrons. The van der Waals surface area contributed by atoms with Crippen molar-refractivity contribution in [3.05, 3.63) is 102 Å². The SMILES string of the molecule is N=C1NC(c2ccccc2)(c2ccccc2)C(=O)N1CCCCNC(=O)C(Cc1ccncc1)NC(=O)O. The monoisotopic (exact) mass is 514 g/mol. The quantitative estimate of drug-likeness (QED) is 0.248. The number of hydrogen-bond donors (Lipinski definition) is 5. The van der Waals surface area contributed by atoms with Crippen molar-refractivity contribution in [2.45, 2.75) is 30.8 Å². The average molecular weight is 515 g/mol. The zero-order valence-electron chi connectivity index (χ0n) is 20.8. The van der Waals surface area contributed by atoms with E-state index in [0.717, 1.165) is 16.7 Å². The molecule has 1 aliphatic heterocycles. The first-order chi connectivity index (χ1) is 18.4. The molecule has 3 amide bonds. The molecule has 0 aliphatic carbocycles. The molecule has 1 atom stereocenters. The third-order valence-corrected chi connectivity index (χ3v) is 6.47. The van der Waals surface area contributed by atoms with E-state index in [2.05, 4.69) is 20.9 Å². The maximum Gasteiger partial charge on any atom is 0.405 e. The molecule has 1 saturated heterocycles. The number of amides is 3. The zero-order chi connectivity index (χ0) is 27.0. The maximum absolute atomic E-state index is 13.8. The number of benzene rings is 2. The summed E-state index contributed by atoms with van der Waals surface area (Å²) in [5, 5.41) is 25.8. The molecule has 1 aromatic heterocycles. The minimum atomic E-state index is -1.28. The second kappa shape index (κ2) is 12.0. The van der Waals surface area contributed by atoms with Crippen LogP contribution in [0.3, 0.4) is 0 Å². The molecular formula is C28H30N6O4. The Hall–Kier alpha value is -4.73.